The fourth-order valence-corrected chi connectivity index (χ4v) is 5.27. The zero-order valence-corrected chi connectivity index (χ0v) is 21.8. The number of anilines is 2. The van der Waals surface area contributed by atoms with E-state index in [4.69, 9.17) is 0 Å². The smallest absolute Gasteiger partial charge is 0.0443 e. The van der Waals surface area contributed by atoms with Gasteiger partial charge in [0.1, 0.15) is 0 Å². The molecule has 4 aromatic carbocycles. The van der Waals surface area contributed by atoms with Crippen molar-refractivity contribution in [2.75, 3.05) is 32.1 Å². The van der Waals surface area contributed by atoms with Crippen LogP contribution in [0.1, 0.15) is 34.2 Å². The Kier molecular flexibility index (Phi) is 7.06. The zero-order valence-electron chi connectivity index (χ0n) is 21.8. The first kappa shape index (κ1) is 24.1. The second-order valence-electron chi connectivity index (χ2n) is 10.2. The van der Waals surface area contributed by atoms with Crippen LogP contribution >= 0.6 is 0 Å². The number of rotatable bonds is 6. The Balaban J connectivity index is 1.63. The minimum absolute atomic E-state index is 1.01. The van der Waals surface area contributed by atoms with Crippen LogP contribution in [0.25, 0.3) is 12.2 Å². The van der Waals surface area contributed by atoms with Gasteiger partial charge in [-0.3, -0.25) is 0 Å². The Morgan fingerprint density at radius 1 is 0.778 bits per heavy atom. The molecule has 0 amide bonds. The van der Waals surface area contributed by atoms with E-state index in [1.165, 1.54) is 50.0 Å². The molecule has 5 rings (SSSR count). The maximum absolute atomic E-state index is 4.09. The largest absolute Gasteiger partial charge is 0.341 e. The van der Waals surface area contributed by atoms with Crippen molar-refractivity contribution in [3.63, 3.8) is 0 Å². The van der Waals surface area contributed by atoms with Crippen LogP contribution in [0, 0.1) is 6.92 Å². The third-order valence-corrected chi connectivity index (χ3v) is 7.17. The number of para-hydroxylation sites is 1. The number of nitrogens with zero attached hydrogens (tertiary/aromatic N) is 2. The second-order valence-corrected chi connectivity index (χ2v) is 10.2. The van der Waals surface area contributed by atoms with Gasteiger partial charge in [0.05, 0.1) is 0 Å². The summed E-state index contributed by atoms with van der Waals surface area (Å²) < 4.78 is 0. The molecule has 182 valence electrons. The quantitative estimate of drug-likeness (QED) is 0.348. The average molecular weight is 473 g/mol. The first-order valence-corrected chi connectivity index (χ1v) is 13.0. The molecule has 0 atom stereocenters. The monoisotopic (exact) mass is 472 g/mol. The van der Waals surface area contributed by atoms with Crippen molar-refractivity contribution < 1.29 is 0 Å². The van der Waals surface area contributed by atoms with Crippen molar-refractivity contribution in [3.8, 4) is 0 Å². The second kappa shape index (κ2) is 10.6. The molecule has 0 aliphatic carbocycles. The maximum atomic E-state index is 4.09. The van der Waals surface area contributed by atoms with E-state index in [1.54, 1.807) is 0 Å². The molecule has 0 saturated carbocycles. The van der Waals surface area contributed by atoms with Gasteiger partial charge in [0.15, 0.2) is 0 Å². The van der Waals surface area contributed by atoms with Crippen LogP contribution in [0.2, 0.25) is 0 Å². The van der Waals surface area contributed by atoms with Crippen LogP contribution in [0.3, 0.4) is 0 Å². The summed E-state index contributed by atoms with van der Waals surface area (Å²) >= 11 is 0. The lowest BCUT2D eigenvalue weighted by Crippen LogP contribution is -2.24. The van der Waals surface area contributed by atoms with Crippen molar-refractivity contribution in [2.24, 2.45) is 0 Å². The third-order valence-electron chi connectivity index (χ3n) is 7.17. The number of hydrogen-bond donors (Lipinski definition) is 0. The summed E-state index contributed by atoms with van der Waals surface area (Å²) in [5.74, 6) is 0. The number of aryl methyl sites for hydroxylation is 3. The highest BCUT2D eigenvalue weighted by atomic mass is 15.1. The van der Waals surface area contributed by atoms with Gasteiger partial charge < -0.3 is 9.80 Å². The minimum atomic E-state index is 1.01. The van der Waals surface area contributed by atoms with E-state index in [0.29, 0.717) is 0 Å². The van der Waals surface area contributed by atoms with Crippen molar-refractivity contribution >= 4 is 23.5 Å². The van der Waals surface area contributed by atoms with Gasteiger partial charge in [-0.25, -0.2) is 0 Å². The van der Waals surface area contributed by atoms with Gasteiger partial charge in [0.25, 0.3) is 0 Å². The maximum Gasteiger partial charge on any atom is 0.0443 e. The molecule has 0 N–H and O–H groups in total. The predicted octanol–water partition coefficient (Wildman–Crippen LogP) is 5.84. The lowest BCUT2D eigenvalue weighted by atomic mass is 9.92. The molecular weight excluding hydrogens is 436 g/mol. The summed E-state index contributed by atoms with van der Waals surface area (Å²) in [6.45, 7) is 8.33. The molecule has 0 aromatic heterocycles. The van der Waals surface area contributed by atoms with Crippen LogP contribution in [0.15, 0.2) is 91.0 Å². The first-order chi connectivity index (χ1) is 17.5. The van der Waals surface area contributed by atoms with Gasteiger partial charge in [0.2, 0.25) is 0 Å². The molecule has 1 heterocycles. The topological polar surface area (TPSA) is 6.48 Å². The number of fused-ring (bicyclic) bond motifs is 2. The molecular formula is C34H36N2. The van der Waals surface area contributed by atoms with Crippen LogP contribution in [-0.2, 0) is 12.8 Å². The molecule has 1 aliphatic heterocycles. The van der Waals surface area contributed by atoms with E-state index < -0.39 is 0 Å². The molecule has 0 bridgehead atoms. The molecule has 2 heteroatoms. The molecule has 36 heavy (non-hydrogen) atoms. The molecule has 0 spiro atoms. The van der Waals surface area contributed by atoms with Crippen LogP contribution in [-0.4, -0.2) is 32.1 Å². The SMILES string of the molecule is C=c1ccc(=C(c2ccc(C)cc2)c2ccc3c(c2)CCc2ccccc2N3CCCN(C)C)cc1. The molecule has 2 nitrogen and oxygen atoms in total. The molecule has 1 aliphatic rings. The first-order valence-electron chi connectivity index (χ1n) is 13.0. The van der Waals surface area contributed by atoms with E-state index in [-0.39, 0.29) is 0 Å². The Bertz CT molecular complexity index is 1440. The van der Waals surface area contributed by atoms with Crippen LogP contribution in [0.4, 0.5) is 11.4 Å². The van der Waals surface area contributed by atoms with Gasteiger partial charge in [-0.15, -0.1) is 0 Å². The fourth-order valence-electron chi connectivity index (χ4n) is 5.27. The molecule has 0 fully saturated rings. The zero-order chi connectivity index (χ0) is 25.1. The summed E-state index contributed by atoms with van der Waals surface area (Å²) in [4.78, 5) is 4.82. The lowest BCUT2D eigenvalue weighted by molar-refractivity contribution is 0.402. The lowest BCUT2D eigenvalue weighted by Gasteiger charge is -2.28. The molecule has 0 unspecified atom stereocenters. The highest BCUT2D eigenvalue weighted by Gasteiger charge is 2.21. The van der Waals surface area contributed by atoms with Crippen LogP contribution < -0.4 is 15.3 Å². The van der Waals surface area contributed by atoms with Crippen LogP contribution in [0.5, 0.6) is 0 Å². The van der Waals surface area contributed by atoms with Crippen molar-refractivity contribution in [3.05, 3.63) is 129 Å². The van der Waals surface area contributed by atoms with Gasteiger partial charge in [-0.05, 0) is 103 Å². The third kappa shape index (κ3) is 5.15. The molecule has 4 aromatic rings. The fraction of sp³-hybridized carbons (Fsp3) is 0.235. The van der Waals surface area contributed by atoms with Gasteiger partial charge in [0, 0.05) is 17.9 Å². The number of benzene rings is 4. The van der Waals surface area contributed by atoms with E-state index >= 15 is 0 Å². The summed E-state index contributed by atoms with van der Waals surface area (Å²) in [6.07, 6.45) is 3.23. The van der Waals surface area contributed by atoms with E-state index in [2.05, 4.69) is 128 Å². The number of hydrogen-bond acceptors (Lipinski definition) is 2. The summed E-state index contributed by atoms with van der Waals surface area (Å²) in [5, 5.41) is 2.26. The summed E-state index contributed by atoms with van der Waals surface area (Å²) in [5.41, 5.74) is 10.6. The highest BCUT2D eigenvalue weighted by Crippen LogP contribution is 2.37. The summed E-state index contributed by atoms with van der Waals surface area (Å²) in [7, 11) is 4.31. The molecule has 0 saturated heterocycles. The Morgan fingerprint density at radius 3 is 2.19 bits per heavy atom. The predicted molar refractivity (Wildman–Crippen MR) is 154 cm³/mol. The standard InChI is InChI=1S/C34H36N2/c1-25-10-14-28(15-11-25)34(29-16-12-26(2)13-17-29)31-20-21-33-30(24-31)19-18-27-8-5-6-9-32(27)36(33)23-7-22-35(3)4/h5-6,8-17,20-21,24H,1,7,18-19,22-23H2,2-4H3. The van der Waals surface area contributed by atoms with E-state index in [0.717, 1.165) is 37.6 Å². The summed E-state index contributed by atoms with van der Waals surface area (Å²) in [6, 6.07) is 33.6. The van der Waals surface area contributed by atoms with Crippen molar-refractivity contribution in [1.82, 2.24) is 4.90 Å². The Hall–Kier alpha value is -3.62. The van der Waals surface area contributed by atoms with E-state index in [1.807, 2.05) is 0 Å². The highest BCUT2D eigenvalue weighted by molar-refractivity contribution is 5.82. The Morgan fingerprint density at radius 2 is 1.44 bits per heavy atom. The molecule has 0 radical (unpaired) electrons. The van der Waals surface area contributed by atoms with Gasteiger partial charge >= 0.3 is 0 Å². The van der Waals surface area contributed by atoms with Crippen molar-refractivity contribution in [1.29, 1.82) is 0 Å². The Labute approximate surface area is 215 Å². The van der Waals surface area contributed by atoms with Gasteiger partial charge in [-0.2, -0.15) is 0 Å². The normalized spacial score (nSPS) is 12.7. The van der Waals surface area contributed by atoms with E-state index in [9.17, 15) is 0 Å². The average Bonchev–Trinajstić information content (AvgIpc) is 3.03. The van der Waals surface area contributed by atoms with Crippen molar-refractivity contribution in [2.45, 2.75) is 26.2 Å². The minimum Gasteiger partial charge on any atom is -0.341 e. The van der Waals surface area contributed by atoms with Gasteiger partial charge in [-0.1, -0.05) is 84.9 Å².